The molecule has 19 heavy (non-hydrogen) atoms. The first-order valence-electron chi connectivity index (χ1n) is 7.55. The maximum atomic E-state index is 12.4. The lowest BCUT2D eigenvalue weighted by Gasteiger charge is -2.30. The Hall–Kier alpha value is -0.510. The van der Waals surface area contributed by atoms with Crippen LogP contribution in [-0.4, -0.2) is 25.5 Å². The highest BCUT2D eigenvalue weighted by Gasteiger charge is 2.39. The summed E-state index contributed by atoms with van der Waals surface area (Å²) in [6.45, 7) is 2.18. The van der Waals surface area contributed by atoms with Crippen molar-refractivity contribution in [1.82, 2.24) is 0 Å². The molecule has 0 amide bonds. The number of sulfone groups is 1. The molecule has 1 saturated carbocycles. The quantitative estimate of drug-likeness (QED) is 0.745. The Bertz CT molecular complexity index is 417. The number of allylic oxidation sites excluding steroid dienone is 1. The standard InChI is InChI=1S/C15H26O3S/c1-15(13-18-12-14-8-4-5-9-14)10-6-2-3-7-11-19(15,16)17/h12H,2-11,13H2,1H3. The number of hydrogen-bond donors (Lipinski definition) is 0. The van der Waals surface area contributed by atoms with Gasteiger partial charge in [-0.15, -0.1) is 0 Å². The molecule has 1 atom stereocenters. The molecule has 0 spiro atoms. The topological polar surface area (TPSA) is 43.4 Å². The summed E-state index contributed by atoms with van der Waals surface area (Å²) in [6.07, 6.45) is 11.3. The van der Waals surface area contributed by atoms with Crippen LogP contribution in [0.15, 0.2) is 11.8 Å². The Morgan fingerprint density at radius 3 is 2.53 bits per heavy atom. The monoisotopic (exact) mass is 286 g/mol. The molecule has 0 bridgehead atoms. The van der Waals surface area contributed by atoms with Crippen LogP contribution in [-0.2, 0) is 14.6 Å². The first-order chi connectivity index (χ1) is 9.04. The van der Waals surface area contributed by atoms with E-state index < -0.39 is 14.6 Å². The summed E-state index contributed by atoms with van der Waals surface area (Å²) in [4.78, 5) is 0. The molecule has 2 aliphatic rings. The highest BCUT2D eigenvalue weighted by Crippen LogP contribution is 2.30. The molecule has 2 rings (SSSR count). The molecular weight excluding hydrogens is 260 g/mol. The van der Waals surface area contributed by atoms with Gasteiger partial charge in [0.05, 0.1) is 12.0 Å². The minimum absolute atomic E-state index is 0.318. The van der Waals surface area contributed by atoms with Crippen molar-refractivity contribution in [3.63, 3.8) is 0 Å². The van der Waals surface area contributed by atoms with Crippen molar-refractivity contribution in [1.29, 1.82) is 0 Å². The molecule has 1 saturated heterocycles. The van der Waals surface area contributed by atoms with Crippen LogP contribution in [0.3, 0.4) is 0 Å². The summed E-state index contributed by atoms with van der Waals surface area (Å²) in [7, 11) is -3.03. The van der Waals surface area contributed by atoms with Crippen molar-refractivity contribution < 1.29 is 13.2 Å². The second-order valence-electron chi connectivity index (χ2n) is 6.23. The van der Waals surface area contributed by atoms with Crippen LogP contribution in [0.1, 0.15) is 64.7 Å². The van der Waals surface area contributed by atoms with Gasteiger partial charge in [-0.05, 0) is 51.0 Å². The Kier molecular flexibility index (Phi) is 4.93. The molecule has 2 fully saturated rings. The molecule has 1 unspecified atom stereocenters. The predicted octanol–water partition coefficient (Wildman–Crippen LogP) is 3.60. The zero-order valence-corrected chi connectivity index (χ0v) is 12.8. The molecule has 1 aliphatic heterocycles. The van der Waals surface area contributed by atoms with Gasteiger partial charge in [0.1, 0.15) is 11.4 Å². The van der Waals surface area contributed by atoms with Crippen LogP contribution in [0.2, 0.25) is 0 Å². The lowest BCUT2D eigenvalue weighted by molar-refractivity contribution is 0.202. The van der Waals surface area contributed by atoms with Crippen LogP contribution in [0.25, 0.3) is 0 Å². The normalized spacial score (nSPS) is 31.5. The Labute approximate surface area is 117 Å². The lowest BCUT2D eigenvalue weighted by Crippen LogP contribution is -2.42. The van der Waals surface area contributed by atoms with E-state index in [1.165, 1.54) is 18.4 Å². The summed E-state index contributed by atoms with van der Waals surface area (Å²) < 4.78 is 29.8. The van der Waals surface area contributed by atoms with Gasteiger partial charge in [0, 0.05) is 0 Å². The number of rotatable bonds is 3. The number of ether oxygens (including phenoxy) is 1. The fourth-order valence-corrected chi connectivity index (χ4v) is 4.77. The van der Waals surface area contributed by atoms with Crippen LogP contribution in [0, 0.1) is 0 Å². The van der Waals surface area contributed by atoms with Gasteiger partial charge < -0.3 is 4.74 Å². The van der Waals surface area contributed by atoms with Crippen molar-refractivity contribution >= 4 is 9.84 Å². The second-order valence-corrected chi connectivity index (χ2v) is 8.85. The minimum Gasteiger partial charge on any atom is -0.500 e. The van der Waals surface area contributed by atoms with Gasteiger partial charge in [-0.2, -0.15) is 0 Å². The molecule has 110 valence electrons. The van der Waals surface area contributed by atoms with Gasteiger partial charge in [-0.1, -0.05) is 19.3 Å². The van der Waals surface area contributed by atoms with E-state index in [4.69, 9.17) is 4.74 Å². The van der Waals surface area contributed by atoms with Crippen LogP contribution >= 0.6 is 0 Å². The smallest absolute Gasteiger partial charge is 0.159 e. The lowest BCUT2D eigenvalue weighted by atomic mass is 10.0. The zero-order chi connectivity index (χ0) is 13.8. The van der Waals surface area contributed by atoms with E-state index in [-0.39, 0.29) is 0 Å². The van der Waals surface area contributed by atoms with Crippen molar-refractivity contribution in [3.05, 3.63) is 11.8 Å². The molecule has 0 radical (unpaired) electrons. The molecule has 0 aromatic carbocycles. The molecule has 4 heteroatoms. The molecule has 1 aliphatic carbocycles. The maximum absolute atomic E-state index is 12.4. The predicted molar refractivity (Wildman–Crippen MR) is 77.8 cm³/mol. The highest BCUT2D eigenvalue weighted by atomic mass is 32.2. The first-order valence-corrected chi connectivity index (χ1v) is 9.21. The van der Waals surface area contributed by atoms with Crippen molar-refractivity contribution in [2.75, 3.05) is 12.4 Å². The Balaban J connectivity index is 1.98. The van der Waals surface area contributed by atoms with Crippen molar-refractivity contribution in [2.24, 2.45) is 0 Å². The third-order valence-corrected chi connectivity index (χ3v) is 7.15. The average Bonchev–Trinajstić information content (AvgIpc) is 2.85. The zero-order valence-electron chi connectivity index (χ0n) is 12.0. The molecule has 0 N–H and O–H groups in total. The minimum atomic E-state index is -3.03. The van der Waals surface area contributed by atoms with Crippen molar-refractivity contribution in [2.45, 2.75) is 69.5 Å². The summed E-state index contributed by atoms with van der Waals surface area (Å²) in [5.41, 5.74) is 1.34. The van der Waals surface area contributed by atoms with E-state index >= 15 is 0 Å². The van der Waals surface area contributed by atoms with Gasteiger partial charge >= 0.3 is 0 Å². The van der Waals surface area contributed by atoms with E-state index in [0.717, 1.165) is 44.9 Å². The summed E-state index contributed by atoms with van der Waals surface area (Å²) >= 11 is 0. The van der Waals surface area contributed by atoms with Crippen molar-refractivity contribution in [3.8, 4) is 0 Å². The van der Waals surface area contributed by atoms with Crippen LogP contribution in [0.4, 0.5) is 0 Å². The highest BCUT2D eigenvalue weighted by molar-refractivity contribution is 7.92. The number of hydrogen-bond acceptors (Lipinski definition) is 3. The van der Waals surface area contributed by atoms with Gasteiger partial charge in [-0.3, -0.25) is 0 Å². The van der Waals surface area contributed by atoms with E-state index in [1.54, 1.807) is 0 Å². The van der Waals surface area contributed by atoms with Gasteiger partial charge in [0.2, 0.25) is 0 Å². The van der Waals surface area contributed by atoms with Crippen LogP contribution in [0.5, 0.6) is 0 Å². The fourth-order valence-electron chi connectivity index (χ4n) is 2.99. The summed E-state index contributed by atoms with van der Waals surface area (Å²) in [5.74, 6) is 0.323. The third-order valence-electron chi connectivity index (χ3n) is 4.50. The Morgan fingerprint density at radius 1 is 1.11 bits per heavy atom. The largest absolute Gasteiger partial charge is 0.500 e. The second kappa shape index (κ2) is 6.29. The Morgan fingerprint density at radius 2 is 1.79 bits per heavy atom. The fraction of sp³-hybridized carbons (Fsp3) is 0.867. The van der Waals surface area contributed by atoms with Crippen LogP contribution < -0.4 is 0 Å². The van der Waals surface area contributed by atoms with Gasteiger partial charge in [0.25, 0.3) is 0 Å². The molecule has 1 heterocycles. The average molecular weight is 286 g/mol. The molecule has 0 aromatic rings. The van der Waals surface area contributed by atoms with Gasteiger partial charge in [0.15, 0.2) is 9.84 Å². The molecular formula is C15H26O3S. The van der Waals surface area contributed by atoms with E-state index in [1.807, 2.05) is 13.2 Å². The summed E-state index contributed by atoms with van der Waals surface area (Å²) in [5, 5.41) is 0. The SMILES string of the molecule is CC1(COC=C2CCCC2)CCCCCCS1(=O)=O. The third kappa shape index (κ3) is 3.74. The first kappa shape index (κ1) is 14.9. The molecule has 3 nitrogen and oxygen atoms in total. The summed E-state index contributed by atoms with van der Waals surface area (Å²) in [6, 6.07) is 0. The molecule has 0 aromatic heterocycles. The van der Waals surface area contributed by atoms with E-state index in [0.29, 0.717) is 12.4 Å². The maximum Gasteiger partial charge on any atom is 0.159 e. The van der Waals surface area contributed by atoms with E-state index in [2.05, 4.69) is 0 Å². The van der Waals surface area contributed by atoms with Gasteiger partial charge in [-0.25, -0.2) is 8.42 Å². The van der Waals surface area contributed by atoms with E-state index in [9.17, 15) is 8.42 Å².